The normalized spacial score (nSPS) is 11.4. The van der Waals surface area contributed by atoms with Gasteiger partial charge in [0.2, 0.25) is 5.91 Å². The van der Waals surface area contributed by atoms with Crippen molar-refractivity contribution in [3.8, 4) is 5.75 Å². The van der Waals surface area contributed by atoms with Crippen LogP contribution in [0, 0.1) is 0 Å². The summed E-state index contributed by atoms with van der Waals surface area (Å²) in [5, 5.41) is 6.22. The minimum Gasteiger partial charge on any atom is -0.497 e. The van der Waals surface area contributed by atoms with Crippen LogP contribution in [0.1, 0.15) is 15.9 Å². The minimum atomic E-state index is -0.748. The molecule has 3 rings (SSSR count). The van der Waals surface area contributed by atoms with E-state index in [2.05, 4.69) is 10.6 Å². The molecule has 0 radical (unpaired) electrons. The quantitative estimate of drug-likeness (QED) is 0.611. The molecule has 5 nitrogen and oxygen atoms in total. The Morgan fingerprint density at radius 2 is 1.59 bits per heavy atom. The molecule has 3 aromatic rings. The Balaban J connectivity index is 1.76. The topological polar surface area (TPSA) is 67.4 Å². The number of halogens is 1. The molecule has 0 bridgehead atoms. The molecular formula is C23H21ClN2O3. The summed E-state index contributed by atoms with van der Waals surface area (Å²) in [4.78, 5) is 25.6. The molecule has 2 amide bonds. The Kier molecular flexibility index (Phi) is 6.87. The number of anilines is 1. The van der Waals surface area contributed by atoms with Crippen LogP contribution in [0.3, 0.4) is 0 Å². The van der Waals surface area contributed by atoms with E-state index < -0.39 is 6.04 Å². The Labute approximate surface area is 174 Å². The standard InChI is InChI=1S/C23H21ClN2O3/c1-29-20-13-11-19(12-14-20)25-23(28)21(15-16-5-3-2-4-6-16)26-22(27)17-7-9-18(24)10-8-17/h2-14,21H,15H2,1H3,(H,25,28)(H,26,27)/t21-/m1/s1. The van der Waals surface area contributed by atoms with Crippen molar-refractivity contribution in [3.63, 3.8) is 0 Å². The molecule has 0 saturated carbocycles. The molecule has 0 fully saturated rings. The zero-order valence-corrected chi connectivity index (χ0v) is 16.6. The van der Waals surface area contributed by atoms with Gasteiger partial charge in [0.15, 0.2) is 0 Å². The molecule has 0 heterocycles. The van der Waals surface area contributed by atoms with Gasteiger partial charge in [-0.1, -0.05) is 41.9 Å². The summed E-state index contributed by atoms with van der Waals surface area (Å²) in [5.41, 5.74) is 2.00. The first-order chi connectivity index (χ1) is 14.0. The van der Waals surface area contributed by atoms with Gasteiger partial charge in [-0.25, -0.2) is 0 Å². The lowest BCUT2D eigenvalue weighted by Gasteiger charge is -2.19. The molecular weight excluding hydrogens is 388 g/mol. The number of rotatable bonds is 7. The number of nitrogens with one attached hydrogen (secondary N) is 2. The Hall–Kier alpha value is -3.31. The highest BCUT2D eigenvalue weighted by Crippen LogP contribution is 2.16. The summed E-state index contributed by atoms with van der Waals surface area (Å²) in [6, 6.07) is 22.3. The molecule has 0 aromatic heterocycles. The van der Waals surface area contributed by atoms with E-state index in [0.29, 0.717) is 28.4 Å². The maximum atomic E-state index is 12.9. The second kappa shape index (κ2) is 9.75. The third-order valence-electron chi connectivity index (χ3n) is 4.37. The molecule has 3 aromatic carbocycles. The first-order valence-corrected chi connectivity index (χ1v) is 9.48. The smallest absolute Gasteiger partial charge is 0.251 e. The first kappa shape index (κ1) is 20.4. The molecule has 29 heavy (non-hydrogen) atoms. The van der Waals surface area contributed by atoms with E-state index in [0.717, 1.165) is 5.56 Å². The number of benzene rings is 3. The summed E-state index contributed by atoms with van der Waals surface area (Å²) >= 11 is 5.89. The van der Waals surface area contributed by atoms with Gasteiger partial charge in [-0.15, -0.1) is 0 Å². The van der Waals surface area contributed by atoms with Crippen molar-refractivity contribution in [2.45, 2.75) is 12.5 Å². The number of amides is 2. The monoisotopic (exact) mass is 408 g/mol. The lowest BCUT2D eigenvalue weighted by Crippen LogP contribution is -2.45. The molecule has 148 valence electrons. The predicted octanol–water partition coefficient (Wildman–Crippen LogP) is 4.33. The molecule has 2 N–H and O–H groups in total. The van der Waals surface area contributed by atoms with Crippen LogP contribution in [0.2, 0.25) is 5.02 Å². The van der Waals surface area contributed by atoms with Crippen LogP contribution in [0.5, 0.6) is 5.75 Å². The minimum absolute atomic E-state index is 0.304. The molecule has 0 aliphatic carbocycles. The summed E-state index contributed by atoms with van der Waals surface area (Å²) < 4.78 is 5.13. The third kappa shape index (κ3) is 5.83. The highest BCUT2D eigenvalue weighted by Gasteiger charge is 2.22. The van der Waals surface area contributed by atoms with Crippen molar-refractivity contribution in [3.05, 3.63) is 95.0 Å². The van der Waals surface area contributed by atoms with Gasteiger partial charge < -0.3 is 15.4 Å². The van der Waals surface area contributed by atoms with Crippen LogP contribution in [-0.2, 0) is 11.2 Å². The van der Waals surface area contributed by atoms with Gasteiger partial charge >= 0.3 is 0 Å². The fourth-order valence-electron chi connectivity index (χ4n) is 2.81. The molecule has 1 atom stereocenters. The maximum Gasteiger partial charge on any atom is 0.251 e. The molecule has 0 unspecified atom stereocenters. The van der Waals surface area contributed by atoms with Crippen molar-refractivity contribution >= 4 is 29.1 Å². The summed E-state index contributed by atoms with van der Waals surface area (Å²) in [7, 11) is 1.58. The van der Waals surface area contributed by atoms with Gasteiger partial charge in [0.05, 0.1) is 7.11 Å². The largest absolute Gasteiger partial charge is 0.497 e. The van der Waals surface area contributed by atoms with E-state index in [1.807, 2.05) is 30.3 Å². The van der Waals surface area contributed by atoms with Crippen LogP contribution in [0.4, 0.5) is 5.69 Å². The van der Waals surface area contributed by atoms with Crippen molar-refractivity contribution in [1.29, 1.82) is 0 Å². The summed E-state index contributed by atoms with van der Waals surface area (Å²) in [6.45, 7) is 0. The fourth-order valence-corrected chi connectivity index (χ4v) is 2.93. The molecule has 0 spiro atoms. The van der Waals surface area contributed by atoms with Gasteiger partial charge in [-0.2, -0.15) is 0 Å². The second-order valence-electron chi connectivity index (χ2n) is 6.44. The van der Waals surface area contributed by atoms with Crippen LogP contribution in [0.15, 0.2) is 78.9 Å². The molecule has 6 heteroatoms. The number of methoxy groups -OCH3 is 1. The lowest BCUT2D eigenvalue weighted by atomic mass is 10.0. The van der Waals surface area contributed by atoms with Gasteiger partial charge in [0, 0.05) is 22.7 Å². The fraction of sp³-hybridized carbons (Fsp3) is 0.130. The number of hydrogen-bond acceptors (Lipinski definition) is 3. The number of carbonyl (C=O) groups is 2. The second-order valence-corrected chi connectivity index (χ2v) is 6.88. The van der Waals surface area contributed by atoms with E-state index in [-0.39, 0.29) is 11.8 Å². The third-order valence-corrected chi connectivity index (χ3v) is 4.62. The predicted molar refractivity (Wildman–Crippen MR) is 114 cm³/mol. The van der Waals surface area contributed by atoms with Crippen molar-refractivity contribution in [2.24, 2.45) is 0 Å². The summed E-state index contributed by atoms with van der Waals surface area (Å²) in [6.07, 6.45) is 0.363. The average Bonchev–Trinajstić information content (AvgIpc) is 2.75. The lowest BCUT2D eigenvalue weighted by molar-refractivity contribution is -0.118. The van der Waals surface area contributed by atoms with E-state index in [4.69, 9.17) is 16.3 Å². The van der Waals surface area contributed by atoms with Gasteiger partial charge in [0.25, 0.3) is 5.91 Å². The molecule has 0 saturated heterocycles. The summed E-state index contributed by atoms with van der Waals surface area (Å²) in [5.74, 6) is 0.0497. The van der Waals surface area contributed by atoms with Gasteiger partial charge in [-0.05, 0) is 54.1 Å². The van der Waals surface area contributed by atoms with Gasteiger partial charge in [-0.3, -0.25) is 9.59 Å². The number of ether oxygens (including phenoxy) is 1. The Morgan fingerprint density at radius 1 is 0.931 bits per heavy atom. The number of carbonyl (C=O) groups excluding carboxylic acids is 2. The van der Waals surface area contributed by atoms with Crippen LogP contribution in [-0.4, -0.2) is 25.0 Å². The first-order valence-electron chi connectivity index (χ1n) is 9.10. The van der Waals surface area contributed by atoms with E-state index in [1.54, 1.807) is 55.6 Å². The van der Waals surface area contributed by atoms with E-state index in [1.165, 1.54) is 0 Å². The van der Waals surface area contributed by atoms with Gasteiger partial charge in [0.1, 0.15) is 11.8 Å². The zero-order chi connectivity index (χ0) is 20.6. The average molecular weight is 409 g/mol. The zero-order valence-electron chi connectivity index (χ0n) is 15.9. The SMILES string of the molecule is COc1ccc(NC(=O)[C@@H](Cc2ccccc2)NC(=O)c2ccc(Cl)cc2)cc1. The highest BCUT2D eigenvalue weighted by molar-refractivity contribution is 6.30. The Bertz CT molecular complexity index is 958. The van der Waals surface area contributed by atoms with E-state index >= 15 is 0 Å². The van der Waals surface area contributed by atoms with Crippen LogP contribution in [0.25, 0.3) is 0 Å². The number of hydrogen-bond donors (Lipinski definition) is 2. The Morgan fingerprint density at radius 3 is 2.21 bits per heavy atom. The van der Waals surface area contributed by atoms with Crippen molar-refractivity contribution in [1.82, 2.24) is 5.32 Å². The van der Waals surface area contributed by atoms with E-state index in [9.17, 15) is 9.59 Å². The van der Waals surface area contributed by atoms with Crippen LogP contribution < -0.4 is 15.4 Å². The van der Waals surface area contributed by atoms with Crippen LogP contribution >= 0.6 is 11.6 Å². The molecule has 0 aliphatic heterocycles. The maximum absolute atomic E-state index is 12.9. The van der Waals surface area contributed by atoms with Crippen molar-refractivity contribution in [2.75, 3.05) is 12.4 Å². The highest BCUT2D eigenvalue weighted by atomic mass is 35.5. The van der Waals surface area contributed by atoms with Crippen molar-refractivity contribution < 1.29 is 14.3 Å². The molecule has 0 aliphatic rings.